The van der Waals surface area contributed by atoms with Crippen LogP contribution in [0.15, 0.2) is 24.3 Å². The number of rotatable bonds is 12. The lowest BCUT2D eigenvalue weighted by molar-refractivity contribution is -0.136. The van der Waals surface area contributed by atoms with Gasteiger partial charge in [-0.15, -0.1) is 0 Å². The van der Waals surface area contributed by atoms with E-state index >= 15 is 0 Å². The number of carboxylic acids is 1. The Morgan fingerprint density at radius 2 is 1.28 bits per heavy atom. The molecule has 2 nitrogen and oxygen atoms in total. The average molecular weight is 252 g/mol. The Labute approximate surface area is 112 Å². The molecule has 0 bridgehead atoms. The summed E-state index contributed by atoms with van der Waals surface area (Å²) in [7, 11) is 0. The molecule has 0 fully saturated rings. The van der Waals surface area contributed by atoms with E-state index in [1.807, 2.05) is 6.08 Å². The van der Waals surface area contributed by atoms with E-state index in [-0.39, 0.29) is 6.42 Å². The van der Waals surface area contributed by atoms with Gasteiger partial charge in [0.05, 0.1) is 0 Å². The third-order valence-corrected chi connectivity index (χ3v) is 2.82. The quantitative estimate of drug-likeness (QED) is 0.387. The normalized spacial score (nSPS) is 11.6. The molecule has 0 saturated heterocycles. The number of carbonyl (C=O) groups is 1. The molecule has 2 heteroatoms. The van der Waals surface area contributed by atoms with Crippen LogP contribution in [0.25, 0.3) is 0 Å². The summed E-state index contributed by atoms with van der Waals surface area (Å²) in [6.07, 6.45) is 19.4. The van der Waals surface area contributed by atoms with Crippen molar-refractivity contribution in [2.75, 3.05) is 0 Å². The summed E-state index contributed by atoms with van der Waals surface area (Å²) in [5, 5.41) is 8.45. The van der Waals surface area contributed by atoms with E-state index in [0.29, 0.717) is 6.42 Å². The highest BCUT2D eigenvalue weighted by Gasteiger charge is 1.91. The molecule has 0 heterocycles. The average Bonchev–Trinajstić information content (AvgIpc) is 2.34. The van der Waals surface area contributed by atoms with E-state index in [4.69, 9.17) is 5.11 Å². The second-order valence-corrected chi connectivity index (χ2v) is 4.66. The highest BCUT2D eigenvalue weighted by molar-refractivity contribution is 5.66. The number of aliphatic carboxylic acids is 1. The van der Waals surface area contributed by atoms with Crippen LogP contribution in [0.1, 0.15) is 71.1 Å². The second-order valence-electron chi connectivity index (χ2n) is 4.66. The van der Waals surface area contributed by atoms with Crippen molar-refractivity contribution in [3.05, 3.63) is 24.3 Å². The van der Waals surface area contributed by atoms with Crippen molar-refractivity contribution >= 4 is 5.97 Å². The Morgan fingerprint density at radius 1 is 0.833 bits per heavy atom. The molecular weight excluding hydrogens is 224 g/mol. The van der Waals surface area contributed by atoms with Crippen LogP contribution in [-0.2, 0) is 4.79 Å². The van der Waals surface area contributed by atoms with E-state index in [0.717, 1.165) is 6.42 Å². The van der Waals surface area contributed by atoms with E-state index in [9.17, 15) is 4.79 Å². The molecule has 18 heavy (non-hydrogen) atoms. The fourth-order valence-corrected chi connectivity index (χ4v) is 1.71. The summed E-state index contributed by atoms with van der Waals surface area (Å²) in [6, 6.07) is 0. The van der Waals surface area contributed by atoms with Crippen LogP contribution < -0.4 is 0 Å². The van der Waals surface area contributed by atoms with Gasteiger partial charge in [0.25, 0.3) is 0 Å². The molecule has 1 N–H and O–H groups in total. The van der Waals surface area contributed by atoms with Gasteiger partial charge < -0.3 is 5.11 Å². The molecule has 104 valence electrons. The van der Waals surface area contributed by atoms with Crippen LogP contribution in [0.5, 0.6) is 0 Å². The Morgan fingerprint density at radius 3 is 1.72 bits per heavy atom. The van der Waals surface area contributed by atoms with Gasteiger partial charge in [-0.05, 0) is 44.9 Å². The lowest BCUT2D eigenvalue weighted by Crippen LogP contribution is -1.91. The fourth-order valence-electron chi connectivity index (χ4n) is 1.71. The monoisotopic (exact) mass is 252 g/mol. The van der Waals surface area contributed by atoms with Gasteiger partial charge in [0.2, 0.25) is 0 Å². The molecule has 0 amide bonds. The molecule has 0 aromatic rings. The first-order chi connectivity index (χ1) is 8.77. The van der Waals surface area contributed by atoms with Crippen molar-refractivity contribution in [2.45, 2.75) is 71.1 Å². The van der Waals surface area contributed by atoms with Crippen LogP contribution in [-0.4, -0.2) is 11.1 Å². The number of unbranched alkanes of at least 4 members (excludes halogenated alkanes) is 6. The van der Waals surface area contributed by atoms with Gasteiger partial charge in [-0.1, -0.05) is 44.1 Å². The molecule has 0 aliphatic rings. The van der Waals surface area contributed by atoms with E-state index in [1.54, 1.807) is 0 Å². The largest absolute Gasteiger partial charge is 0.481 e. The zero-order valence-corrected chi connectivity index (χ0v) is 11.7. The van der Waals surface area contributed by atoms with Crippen LogP contribution in [0.3, 0.4) is 0 Å². The first-order valence-corrected chi connectivity index (χ1v) is 7.29. The van der Waals surface area contributed by atoms with Gasteiger partial charge >= 0.3 is 5.97 Å². The summed E-state index contributed by atoms with van der Waals surface area (Å²) in [5.41, 5.74) is 0. The first-order valence-electron chi connectivity index (χ1n) is 7.29. The summed E-state index contributed by atoms with van der Waals surface area (Å²) >= 11 is 0. The Kier molecular flexibility index (Phi) is 13.2. The molecule has 0 spiro atoms. The molecule has 0 atom stereocenters. The minimum absolute atomic E-state index is 0.247. The van der Waals surface area contributed by atoms with Crippen LogP contribution >= 0.6 is 0 Å². The van der Waals surface area contributed by atoms with Gasteiger partial charge in [-0.2, -0.15) is 0 Å². The van der Waals surface area contributed by atoms with Crippen molar-refractivity contribution in [1.82, 2.24) is 0 Å². The molecule has 0 aliphatic heterocycles. The zero-order valence-electron chi connectivity index (χ0n) is 11.7. The molecule has 0 unspecified atom stereocenters. The molecule has 0 saturated carbocycles. The van der Waals surface area contributed by atoms with Crippen LogP contribution in [0, 0.1) is 0 Å². The second kappa shape index (κ2) is 14.0. The topological polar surface area (TPSA) is 37.3 Å². The SMILES string of the molecule is CCCCC/C=C/CCCC/C=C/CCC(=O)O. The van der Waals surface area contributed by atoms with Crippen LogP contribution in [0.4, 0.5) is 0 Å². The van der Waals surface area contributed by atoms with E-state index in [1.165, 1.54) is 44.9 Å². The van der Waals surface area contributed by atoms with Gasteiger partial charge in [0.15, 0.2) is 0 Å². The molecule has 0 aromatic carbocycles. The Bertz CT molecular complexity index is 241. The maximum atomic E-state index is 10.3. The van der Waals surface area contributed by atoms with Crippen molar-refractivity contribution in [1.29, 1.82) is 0 Å². The zero-order chi connectivity index (χ0) is 13.5. The predicted octanol–water partition coefficient (Wildman–Crippen LogP) is 5.10. The summed E-state index contributed by atoms with van der Waals surface area (Å²) in [4.78, 5) is 10.3. The van der Waals surface area contributed by atoms with Gasteiger partial charge in [0.1, 0.15) is 0 Å². The molecule has 0 radical (unpaired) electrons. The lowest BCUT2D eigenvalue weighted by Gasteiger charge is -1.94. The molecule has 0 aliphatic carbocycles. The third kappa shape index (κ3) is 14.9. The first kappa shape index (κ1) is 16.9. The number of carboxylic acid groups (broad SMARTS) is 1. The van der Waals surface area contributed by atoms with E-state index < -0.39 is 5.97 Å². The van der Waals surface area contributed by atoms with Crippen molar-refractivity contribution < 1.29 is 9.90 Å². The highest BCUT2D eigenvalue weighted by atomic mass is 16.4. The Hall–Kier alpha value is -1.05. The summed E-state index contributed by atoms with van der Waals surface area (Å²) in [5.74, 6) is -0.715. The minimum atomic E-state index is -0.715. The number of hydrogen-bond donors (Lipinski definition) is 1. The standard InChI is InChI=1S/C16H28O2/c1-2-3-4-5-6-7-8-9-10-11-12-13-14-15-16(17)18/h6-7,12-13H,2-5,8-11,14-15H2,1H3,(H,17,18)/b7-6+,13-12+. The van der Waals surface area contributed by atoms with E-state index in [2.05, 4.69) is 25.2 Å². The highest BCUT2D eigenvalue weighted by Crippen LogP contribution is 2.05. The summed E-state index contributed by atoms with van der Waals surface area (Å²) < 4.78 is 0. The Balaban J connectivity index is 3.17. The minimum Gasteiger partial charge on any atom is -0.481 e. The van der Waals surface area contributed by atoms with Crippen molar-refractivity contribution in [2.24, 2.45) is 0 Å². The lowest BCUT2D eigenvalue weighted by atomic mass is 10.1. The van der Waals surface area contributed by atoms with Gasteiger partial charge in [0, 0.05) is 6.42 Å². The summed E-state index contributed by atoms with van der Waals surface area (Å²) in [6.45, 7) is 2.23. The van der Waals surface area contributed by atoms with Gasteiger partial charge in [-0.3, -0.25) is 4.79 Å². The van der Waals surface area contributed by atoms with Gasteiger partial charge in [-0.25, -0.2) is 0 Å². The number of hydrogen-bond acceptors (Lipinski definition) is 1. The fraction of sp³-hybridized carbons (Fsp3) is 0.688. The maximum absolute atomic E-state index is 10.3. The number of allylic oxidation sites excluding steroid dienone is 4. The third-order valence-electron chi connectivity index (χ3n) is 2.82. The van der Waals surface area contributed by atoms with Crippen LogP contribution in [0.2, 0.25) is 0 Å². The molecular formula is C16H28O2. The molecule has 0 aromatic heterocycles. The van der Waals surface area contributed by atoms with Crippen molar-refractivity contribution in [3.8, 4) is 0 Å². The molecule has 0 rings (SSSR count). The predicted molar refractivity (Wildman–Crippen MR) is 77.8 cm³/mol. The smallest absolute Gasteiger partial charge is 0.303 e. The maximum Gasteiger partial charge on any atom is 0.303 e. The van der Waals surface area contributed by atoms with Crippen molar-refractivity contribution in [3.63, 3.8) is 0 Å².